The second-order valence-corrected chi connectivity index (χ2v) is 4.25. The molecule has 0 unspecified atom stereocenters. The molecular weight excluding hydrogens is 162 g/mol. The zero-order chi connectivity index (χ0) is 8.48. The minimum atomic E-state index is -0.788. The van der Waals surface area contributed by atoms with E-state index in [1.165, 1.54) is 4.90 Å². The van der Waals surface area contributed by atoms with E-state index in [9.17, 15) is 4.79 Å². The standard InChI is InChI=1S/C7H13NO2S/c1-7(5-11-2)3-8(4-7)6(9)10/h3-5H2,1-2H3,(H,9,10). The van der Waals surface area contributed by atoms with Crippen molar-refractivity contribution in [3.8, 4) is 0 Å². The average Bonchev–Trinajstić information content (AvgIpc) is 1.82. The van der Waals surface area contributed by atoms with Crippen molar-refractivity contribution in [2.45, 2.75) is 6.92 Å². The monoisotopic (exact) mass is 175 g/mol. The molecule has 0 bridgehead atoms. The zero-order valence-electron chi connectivity index (χ0n) is 6.83. The average molecular weight is 175 g/mol. The lowest BCUT2D eigenvalue weighted by atomic mass is 9.84. The van der Waals surface area contributed by atoms with Crippen LogP contribution in [0.4, 0.5) is 4.79 Å². The Morgan fingerprint density at radius 3 is 2.64 bits per heavy atom. The van der Waals surface area contributed by atoms with Crippen molar-refractivity contribution in [3.05, 3.63) is 0 Å². The van der Waals surface area contributed by atoms with Gasteiger partial charge in [-0.3, -0.25) is 0 Å². The van der Waals surface area contributed by atoms with Crippen molar-refractivity contribution in [2.75, 3.05) is 25.1 Å². The largest absolute Gasteiger partial charge is 0.465 e. The minimum absolute atomic E-state index is 0.234. The molecule has 1 saturated heterocycles. The number of likely N-dealkylation sites (tertiary alicyclic amines) is 1. The van der Waals surface area contributed by atoms with Crippen molar-refractivity contribution >= 4 is 17.9 Å². The highest BCUT2D eigenvalue weighted by molar-refractivity contribution is 7.98. The van der Waals surface area contributed by atoms with Gasteiger partial charge in [-0.2, -0.15) is 11.8 Å². The Morgan fingerprint density at radius 2 is 2.27 bits per heavy atom. The number of nitrogens with zero attached hydrogens (tertiary/aromatic N) is 1. The molecule has 1 rings (SSSR count). The molecule has 0 aromatic carbocycles. The maximum absolute atomic E-state index is 10.4. The van der Waals surface area contributed by atoms with Crippen LogP contribution in [0.5, 0.6) is 0 Å². The molecule has 1 aliphatic rings. The summed E-state index contributed by atoms with van der Waals surface area (Å²) in [6.45, 7) is 3.52. The molecule has 3 nitrogen and oxygen atoms in total. The van der Waals surface area contributed by atoms with E-state index in [4.69, 9.17) is 5.11 Å². The van der Waals surface area contributed by atoms with Gasteiger partial charge in [-0.25, -0.2) is 4.79 Å². The van der Waals surface area contributed by atoms with Gasteiger partial charge in [-0.15, -0.1) is 0 Å². The second-order valence-electron chi connectivity index (χ2n) is 3.38. The first-order chi connectivity index (χ1) is 5.07. The van der Waals surface area contributed by atoms with Crippen molar-refractivity contribution in [2.24, 2.45) is 5.41 Å². The van der Waals surface area contributed by atoms with Crippen LogP contribution in [0.1, 0.15) is 6.92 Å². The van der Waals surface area contributed by atoms with Crippen molar-refractivity contribution in [1.29, 1.82) is 0 Å². The summed E-state index contributed by atoms with van der Waals surface area (Å²) in [5.41, 5.74) is 0.234. The molecule has 4 heteroatoms. The Labute approximate surface area is 70.8 Å². The molecule has 1 aliphatic heterocycles. The SMILES string of the molecule is CSCC1(C)CN(C(=O)O)C1. The van der Waals surface area contributed by atoms with E-state index < -0.39 is 6.09 Å². The molecule has 0 aromatic rings. The summed E-state index contributed by atoms with van der Waals surface area (Å²) < 4.78 is 0. The quantitative estimate of drug-likeness (QED) is 0.688. The molecule has 1 amide bonds. The van der Waals surface area contributed by atoms with Crippen molar-refractivity contribution in [3.63, 3.8) is 0 Å². The molecule has 0 saturated carbocycles. The van der Waals surface area contributed by atoms with E-state index in [1.54, 1.807) is 11.8 Å². The molecule has 1 fully saturated rings. The van der Waals surface area contributed by atoms with Gasteiger partial charge in [0.1, 0.15) is 0 Å². The Kier molecular flexibility index (Phi) is 2.32. The topological polar surface area (TPSA) is 40.5 Å². The highest BCUT2D eigenvalue weighted by atomic mass is 32.2. The summed E-state index contributed by atoms with van der Waals surface area (Å²) >= 11 is 1.78. The van der Waals surface area contributed by atoms with Gasteiger partial charge in [0, 0.05) is 24.3 Å². The van der Waals surface area contributed by atoms with Gasteiger partial charge in [0.05, 0.1) is 0 Å². The Hall–Kier alpha value is -0.380. The summed E-state index contributed by atoms with van der Waals surface area (Å²) in [5, 5.41) is 8.55. The number of hydrogen-bond donors (Lipinski definition) is 1. The third-order valence-corrected chi connectivity index (χ3v) is 2.89. The molecule has 0 aliphatic carbocycles. The van der Waals surface area contributed by atoms with E-state index in [0.717, 1.165) is 5.75 Å². The second kappa shape index (κ2) is 2.93. The number of amides is 1. The fourth-order valence-electron chi connectivity index (χ4n) is 1.45. The van der Waals surface area contributed by atoms with Gasteiger partial charge in [-0.1, -0.05) is 6.92 Å². The molecule has 0 radical (unpaired) electrons. The van der Waals surface area contributed by atoms with E-state index in [2.05, 4.69) is 13.2 Å². The van der Waals surface area contributed by atoms with Crippen LogP contribution < -0.4 is 0 Å². The molecule has 11 heavy (non-hydrogen) atoms. The normalized spacial score (nSPS) is 21.1. The zero-order valence-corrected chi connectivity index (χ0v) is 7.65. The van der Waals surface area contributed by atoms with Crippen LogP contribution in [0, 0.1) is 5.41 Å². The maximum Gasteiger partial charge on any atom is 0.407 e. The predicted molar refractivity (Wildman–Crippen MR) is 46.1 cm³/mol. The fourth-order valence-corrected chi connectivity index (χ4v) is 2.33. The fraction of sp³-hybridized carbons (Fsp3) is 0.857. The summed E-state index contributed by atoms with van der Waals surface area (Å²) in [6.07, 6.45) is 1.26. The van der Waals surface area contributed by atoms with E-state index in [-0.39, 0.29) is 5.41 Å². The van der Waals surface area contributed by atoms with Crippen LogP contribution in [0.2, 0.25) is 0 Å². The molecule has 64 valence electrons. The van der Waals surface area contributed by atoms with E-state index >= 15 is 0 Å². The van der Waals surface area contributed by atoms with E-state index in [1.807, 2.05) is 0 Å². The number of carbonyl (C=O) groups is 1. The van der Waals surface area contributed by atoms with Crippen LogP contribution in [-0.2, 0) is 0 Å². The lowest BCUT2D eigenvalue weighted by Gasteiger charge is -2.46. The number of rotatable bonds is 2. The minimum Gasteiger partial charge on any atom is -0.465 e. The lowest BCUT2D eigenvalue weighted by molar-refractivity contribution is 0.0383. The number of thioether (sulfide) groups is 1. The van der Waals surface area contributed by atoms with Gasteiger partial charge in [0.25, 0.3) is 0 Å². The van der Waals surface area contributed by atoms with Gasteiger partial charge >= 0.3 is 6.09 Å². The Bertz CT molecular complexity index is 166. The summed E-state index contributed by atoms with van der Waals surface area (Å²) in [4.78, 5) is 11.8. The van der Waals surface area contributed by atoms with E-state index in [0.29, 0.717) is 13.1 Å². The van der Waals surface area contributed by atoms with Gasteiger partial charge in [0.15, 0.2) is 0 Å². The molecule has 1 heterocycles. The Morgan fingerprint density at radius 1 is 1.73 bits per heavy atom. The summed E-state index contributed by atoms with van der Waals surface area (Å²) in [6, 6.07) is 0. The Balaban J connectivity index is 2.31. The van der Waals surface area contributed by atoms with Crippen LogP contribution >= 0.6 is 11.8 Å². The third-order valence-electron chi connectivity index (χ3n) is 1.91. The third kappa shape index (κ3) is 1.80. The van der Waals surface area contributed by atoms with Crippen LogP contribution in [-0.4, -0.2) is 41.2 Å². The lowest BCUT2D eigenvalue weighted by Crippen LogP contribution is -2.57. The summed E-state index contributed by atoms with van der Waals surface area (Å²) in [5.74, 6) is 1.05. The molecule has 1 N–H and O–H groups in total. The first-order valence-electron chi connectivity index (χ1n) is 3.54. The van der Waals surface area contributed by atoms with Crippen LogP contribution in [0.25, 0.3) is 0 Å². The van der Waals surface area contributed by atoms with Gasteiger partial charge in [-0.05, 0) is 6.26 Å². The predicted octanol–water partition coefficient (Wildman–Crippen LogP) is 1.35. The molecule has 0 aromatic heterocycles. The number of hydrogen-bond acceptors (Lipinski definition) is 2. The maximum atomic E-state index is 10.4. The smallest absolute Gasteiger partial charge is 0.407 e. The van der Waals surface area contributed by atoms with Gasteiger partial charge < -0.3 is 10.0 Å². The first-order valence-corrected chi connectivity index (χ1v) is 4.94. The first kappa shape index (κ1) is 8.71. The highest BCUT2D eigenvalue weighted by Crippen LogP contribution is 2.32. The van der Waals surface area contributed by atoms with Crippen LogP contribution in [0.3, 0.4) is 0 Å². The highest BCUT2D eigenvalue weighted by Gasteiger charge is 2.40. The van der Waals surface area contributed by atoms with Crippen molar-refractivity contribution in [1.82, 2.24) is 4.90 Å². The van der Waals surface area contributed by atoms with Crippen molar-refractivity contribution < 1.29 is 9.90 Å². The van der Waals surface area contributed by atoms with Gasteiger partial charge in [0.2, 0.25) is 0 Å². The number of carboxylic acid groups (broad SMARTS) is 1. The molecule has 0 atom stereocenters. The molecule has 0 spiro atoms. The van der Waals surface area contributed by atoms with Crippen LogP contribution in [0.15, 0.2) is 0 Å². The summed E-state index contributed by atoms with van der Waals surface area (Å²) in [7, 11) is 0. The molecular formula is C7H13NO2S.